The van der Waals surface area contributed by atoms with Crippen molar-refractivity contribution in [2.45, 2.75) is 32.6 Å². The number of methoxy groups -OCH3 is 1. The summed E-state index contributed by atoms with van der Waals surface area (Å²) in [6.45, 7) is 3.82. The highest BCUT2D eigenvalue weighted by molar-refractivity contribution is 6.00. The van der Waals surface area contributed by atoms with Crippen LogP contribution in [0.4, 0.5) is 5.69 Å². The first-order valence-corrected chi connectivity index (χ1v) is 11.2. The Morgan fingerprint density at radius 2 is 1.94 bits per heavy atom. The number of benzene rings is 2. The van der Waals surface area contributed by atoms with Crippen molar-refractivity contribution in [3.05, 3.63) is 76.9 Å². The van der Waals surface area contributed by atoms with Crippen molar-refractivity contribution in [2.24, 2.45) is 11.1 Å². The lowest BCUT2D eigenvalue weighted by Crippen LogP contribution is -2.33. The summed E-state index contributed by atoms with van der Waals surface area (Å²) >= 11 is 0. The van der Waals surface area contributed by atoms with Crippen molar-refractivity contribution >= 4 is 17.4 Å². The number of nitrogens with one attached hydrogen (secondary N) is 1. The Labute approximate surface area is 204 Å². The summed E-state index contributed by atoms with van der Waals surface area (Å²) in [4.78, 5) is 25.3. The molecule has 1 atom stereocenters. The summed E-state index contributed by atoms with van der Waals surface area (Å²) in [5.74, 6) is 0.700. The van der Waals surface area contributed by atoms with Gasteiger partial charge in [-0.2, -0.15) is 5.26 Å². The van der Waals surface area contributed by atoms with Gasteiger partial charge in [-0.1, -0.05) is 32.0 Å². The van der Waals surface area contributed by atoms with Crippen LogP contribution in [-0.2, 0) is 14.3 Å². The zero-order valence-electron chi connectivity index (χ0n) is 19.9. The maximum Gasteiger partial charge on any atom is 0.262 e. The number of hydrogen-bond donors (Lipinski definition) is 2. The lowest BCUT2D eigenvalue weighted by Gasteiger charge is -2.37. The van der Waals surface area contributed by atoms with E-state index in [1.54, 1.807) is 55.6 Å². The van der Waals surface area contributed by atoms with Gasteiger partial charge in [-0.15, -0.1) is 0 Å². The number of nitrogens with zero attached hydrogens (tertiary/aromatic N) is 1. The van der Waals surface area contributed by atoms with Crippen LogP contribution in [-0.4, -0.2) is 25.4 Å². The van der Waals surface area contributed by atoms with Crippen LogP contribution in [0, 0.1) is 16.7 Å². The molecule has 0 radical (unpaired) electrons. The first-order chi connectivity index (χ1) is 16.7. The smallest absolute Gasteiger partial charge is 0.262 e. The second kappa shape index (κ2) is 9.55. The Morgan fingerprint density at radius 3 is 2.63 bits per heavy atom. The van der Waals surface area contributed by atoms with Gasteiger partial charge in [-0.05, 0) is 35.2 Å². The van der Waals surface area contributed by atoms with Crippen LogP contribution < -0.4 is 20.5 Å². The third kappa shape index (κ3) is 5.14. The fourth-order valence-electron chi connectivity index (χ4n) is 4.42. The van der Waals surface area contributed by atoms with Gasteiger partial charge in [0.2, 0.25) is 5.88 Å². The van der Waals surface area contributed by atoms with Gasteiger partial charge in [0.1, 0.15) is 28.9 Å². The second-order valence-electron chi connectivity index (χ2n) is 9.34. The Hall–Kier alpha value is -4.25. The van der Waals surface area contributed by atoms with Gasteiger partial charge in [-0.25, -0.2) is 0 Å². The highest BCUT2D eigenvalue weighted by Crippen LogP contribution is 2.47. The second-order valence-corrected chi connectivity index (χ2v) is 9.34. The molecule has 35 heavy (non-hydrogen) atoms. The summed E-state index contributed by atoms with van der Waals surface area (Å²) < 4.78 is 16.5. The minimum atomic E-state index is -0.599. The molecule has 0 aromatic heterocycles. The molecule has 2 aromatic carbocycles. The molecular formula is C27H27N3O5. The number of rotatable bonds is 6. The molecule has 1 aliphatic carbocycles. The Balaban J connectivity index is 1.49. The van der Waals surface area contributed by atoms with Crippen LogP contribution in [0.2, 0.25) is 0 Å². The fraction of sp³-hybridized carbons (Fsp3) is 0.296. The van der Waals surface area contributed by atoms with Gasteiger partial charge in [0.15, 0.2) is 12.4 Å². The highest BCUT2D eigenvalue weighted by Gasteiger charge is 2.42. The minimum Gasteiger partial charge on any atom is -0.497 e. The van der Waals surface area contributed by atoms with Crippen LogP contribution in [0.5, 0.6) is 11.5 Å². The van der Waals surface area contributed by atoms with E-state index in [2.05, 4.69) is 11.4 Å². The van der Waals surface area contributed by atoms with Crippen molar-refractivity contribution in [1.29, 1.82) is 5.26 Å². The van der Waals surface area contributed by atoms with E-state index < -0.39 is 5.92 Å². The first kappa shape index (κ1) is 23.9. The van der Waals surface area contributed by atoms with E-state index >= 15 is 0 Å². The van der Waals surface area contributed by atoms with Crippen LogP contribution in [0.25, 0.3) is 0 Å². The summed E-state index contributed by atoms with van der Waals surface area (Å²) in [6.07, 6.45) is 0.932. The number of amides is 1. The number of ether oxygens (including phenoxy) is 3. The number of carbonyl (C=O) groups excluding carboxylic acids is 2. The van der Waals surface area contributed by atoms with E-state index in [4.69, 9.17) is 19.9 Å². The molecule has 0 saturated heterocycles. The average Bonchev–Trinajstić information content (AvgIpc) is 2.81. The molecule has 0 saturated carbocycles. The fourth-order valence-corrected chi connectivity index (χ4v) is 4.42. The van der Waals surface area contributed by atoms with Crippen LogP contribution in [0.15, 0.2) is 71.3 Å². The number of allylic oxidation sites excluding steroid dienone is 3. The monoisotopic (exact) mass is 473 g/mol. The van der Waals surface area contributed by atoms with Gasteiger partial charge in [-0.3, -0.25) is 9.59 Å². The summed E-state index contributed by atoms with van der Waals surface area (Å²) in [6, 6.07) is 16.1. The molecule has 180 valence electrons. The van der Waals surface area contributed by atoms with Gasteiger partial charge >= 0.3 is 0 Å². The average molecular weight is 474 g/mol. The van der Waals surface area contributed by atoms with Crippen molar-refractivity contribution in [1.82, 2.24) is 0 Å². The largest absolute Gasteiger partial charge is 0.497 e. The molecule has 1 aliphatic heterocycles. The molecule has 3 N–H and O–H groups in total. The summed E-state index contributed by atoms with van der Waals surface area (Å²) in [5.41, 5.74) is 7.85. The molecule has 1 heterocycles. The quantitative estimate of drug-likeness (QED) is 0.645. The number of nitrogens with two attached hydrogens (primary N) is 1. The maximum atomic E-state index is 13.0. The van der Waals surface area contributed by atoms with Gasteiger partial charge in [0.25, 0.3) is 5.91 Å². The Kier molecular flexibility index (Phi) is 6.52. The van der Waals surface area contributed by atoms with Crippen LogP contribution in [0.3, 0.4) is 0 Å². The number of anilines is 1. The van der Waals surface area contributed by atoms with E-state index in [1.807, 2.05) is 13.8 Å². The van der Waals surface area contributed by atoms with Crippen LogP contribution in [0.1, 0.15) is 38.2 Å². The first-order valence-electron chi connectivity index (χ1n) is 11.2. The maximum absolute atomic E-state index is 13.0. The molecule has 0 fully saturated rings. The summed E-state index contributed by atoms with van der Waals surface area (Å²) in [5, 5.41) is 12.5. The van der Waals surface area contributed by atoms with E-state index in [9.17, 15) is 14.9 Å². The predicted molar refractivity (Wildman–Crippen MR) is 129 cm³/mol. The zero-order chi connectivity index (χ0) is 25.2. The van der Waals surface area contributed by atoms with Gasteiger partial charge < -0.3 is 25.3 Å². The van der Waals surface area contributed by atoms with Crippen molar-refractivity contribution in [3.8, 4) is 17.6 Å². The van der Waals surface area contributed by atoms with Crippen LogP contribution >= 0.6 is 0 Å². The lowest BCUT2D eigenvalue weighted by atomic mass is 9.70. The topological polar surface area (TPSA) is 124 Å². The molecule has 1 amide bonds. The minimum absolute atomic E-state index is 0.0243. The number of hydrogen-bond acceptors (Lipinski definition) is 7. The number of nitriles is 1. The summed E-state index contributed by atoms with van der Waals surface area (Å²) in [7, 11) is 1.56. The number of Topliss-reactive ketones (excluding diaryl/α,β-unsaturated/α-hetero) is 1. The van der Waals surface area contributed by atoms with E-state index in [0.29, 0.717) is 41.4 Å². The molecule has 0 spiro atoms. The van der Waals surface area contributed by atoms with Gasteiger partial charge in [0.05, 0.1) is 13.0 Å². The molecule has 2 aromatic rings. The van der Waals surface area contributed by atoms with Crippen molar-refractivity contribution in [3.63, 3.8) is 0 Å². The number of carbonyl (C=O) groups is 2. The Bertz CT molecular complexity index is 1270. The molecule has 8 heteroatoms. The van der Waals surface area contributed by atoms with Crippen molar-refractivity contribution in [2.75, 3.05) is 19.0 Å². The van der Waals surface area contributed by atoms with E-state index in [1.165, 1.54) is 0 Å². The predicted octanol–water partition coefficient (Wildman–Crippen LogP) is 4.16. The molecule has 0 bridgehead atoms. The molecule has 1 unspecified atom stereocenters. The third-order valence-electron chi connectivity index (χ3n) is 6.01. The molecular weight excluding hydrogens is 446 g/mol. The SMILES string of the molecule is COc1cccc(NC(=O)COc2ccc(C3C(C#N)=C(N)OC4=C3C(=O)CC(C)(C)C4)cc2)c1. The van der Waals surface area contributed by atoms with E-state index in [0.717, 1.165) is 5.56 Å². The lowest BCUT2D eigenvalue weighted by molar-refractivity contribution is -0.119. The standard InChI is InChI=1S/C27H27N3O5/c1-27(2)12-21(31)25-22(13-27)35-26(29)20(14-28)24(25)16-7-9-18(10-8-16)34-15-23(32)30-17-5-4-6-19(11-17)33-3/h4-11,24H,12-13,15,29H2,1-3H3,(H,30,32). The molecule has 4 rings (SSSR count). The van der Waals surface area contributed by atoms with Crippen molar-refractivity contribution < 1.29 is 23.8 Å². The normalized spacial score (nSPS) is 18.8. The molecule has 2 aliphatic rings. The molecule has 8 nitrogen and oxygen atoms in total. The zero-order valence-corrected chi connectivity index (χ0v) is 19.9. The van der Waals surface area contributed by atoms with E-state index in [-0.39, 0.29) is 35.2 Å². The number of ketones is 1. The highest BCUT2D eigenvalue weighted by atomic mass is 16.5. The van der Waals surface area contributed by atoms with Gasteiger partial charge in [0, 0.05) is 30.2 Å². The third-order valence-corrected chi connectivity index (χ3v) is 6.01. The Morgan fingerprint density at radius 1 is 1.20 bits per heavy atom.